The fourth-order valence-electron chi connectivity index (χ4n) is 2.31. The summed E-state index contributed by atoms with van der Waals surface area (Å²) in [6.45, 7) is 5.70. The summed E-state index contributed by atoms with van der Waals surface area (Å²) in [5.74, 6) is 2.98. The number of hydrogen-bond acceptors (Lipinski definition) is 5. The first-order valence-electron chi connectivity index (χ1n) is 6.95. The molecule has 1 aromatic rings. The predicted octanol–water partition coefficient (Wildman–Crippen LogP) is 1.22. The van der Waals surface area contributed by atoms with E-state index in [1.54, 1.807) is 18.2 Å². The lowest BCUT2D eigenvalue weighted by Gasteiger charge is -2.33. The van der Waals surface area contributed by atoms with Gasteiger partial charge in [0.2, 0.25) is 0 Å². The lowest BCUT2D eigenvalue weighted by molar-refractivity contribution is -0.385. The average Bonchev–Trinajstić information content (AvgIpc) is 2.50. The Morgan fingerprint density at radius 1 is 1.24 bits per heavy atom. The molecule has 21 heavy (non-hydrogen) atoms. The predicted molar refractivity (Wildman–Crippen MR) is 80.3 cm³/mol. The van der Waals surface area contributed by atoms with E-state index < -0.39 is 4.92 Å². The maximum absolute atomic E-state index is 10.9. The number of para-hydroxylation sites is 2. The summed E-state index contributed by atoms with van der Waals surface area (Å²) in [5, 5.41) is 10.9. The Bertz CT molecular complexity index is 519. The van der Waals surface area contributed by atoms with Crippen LogP contribution in [0.3, 0.4) is 0 Å². The van der Waals surface area contributed by atoms with Crippen LogP contribution in [0.4, 0.5) is 5.69 Å². The molecule has 6 nitrogen and oxygen atoms in total. The molecule has 0 bridgehead atoms. The van der Waals surface area contributed by atoms with Gasteiger partial charge in [0.05, 0.1) is 11.5 Å². The highest BCUT2D eigenvalue weighted by Gasteiger charge is 2.17. The molecule has 0 amide bonds. The Labute approximate surface area is 124 Å². The molecule has 112 valence electrons. The smallest absolute Gasteiger partial charge is 0.310 e. The van der Waals surface area contributed by atoms with Crippen LogP contribution in [0, 0.1) is 22.5 Å². The first kappa shape index (κ1) is 15.3. The summed E-state index contributed by atoms with van der Waals surface area (Å²) in [5.41, 5.74) is 0.0105. The van der Waals surface area contributed by atoms with E-state index in [1.807, 2.05) is 0 Å². The van der Waals surface area contributed by atoms with Crippen LogP contribution in [0.25, 0.3) is 0 Å². The Morgan fingerprint density at radius 3 is 2.57 bits per heavy atom. The van der Waals surface area contributed by atoms with Crippen molar-refractivity contribution in [2.45, 2.75) is 0 Å². The topological polar surface area (TPSA) is 58.8 Å². The van der Waals surface area contributed by atoms with E-state index in [4.69, 9.17) is 11.2 Å². The second-order valence-electron chi connectivity index (χ2n) is 4.90. The van der Waals surface area contributed by atoms with Gasteiger partial charge < -0.3 is 4.74 Å². The number of benzene rings is 1. The Kier molecular flexibility index (Phi) is 5.55. The highest BCUT2D eigenvalue weighted by atomic mass is 16.6. The monoisotopic (exact) mass is 289 g/mol. The molecule has 0 radical (unpaired) electrons. The third kappa shape index (κ3) is 4.45. The highest BCUT2D eigenvalue weighted by molar-refractivity contribution is 5.45. The minimum Gasteiger partial charge on any atom is -0.485 e. The summed E-state index contributed by atoms with van der Waals surface area (Å²) < 4.78 is 5.55. The molecule has 1 heterocycles. The Balaban J connectivity index is 1.76. The van der Waals surface area contributed by atoms with Crippen LogP contribution < -0.4 is 4.74 Å². The summed E-state index contributed by atoms with van der Waals surface area (Å²) in [6, 6.07) is 6.45. The third-order valence-electron chi connectivity index (χ3n) is 3.51. The van der Waals surface area contributed by atoms with Crippen molar-refractivity contribution in [3.05, 3.63) is 34.4 Å². The highest BCUT2D eigenvalue weighted by Crippen LogP contribution is 2.25. The van der Waals surface area contributed by atoms with Gasteiger partial charge in [0.1, 0.15) is 6.61 Å². The number of ether oxygens (including phenoxy) is 1. The van der Waals surface area contributed by atoms with E-state index >= 15 is 0 Å². The standard InChI is InChI=1S/C15H19N3O3/c1-2-7-16-8-10-17(11-9-16)12-13-21-15-6-4-3-5-14(15)18(19)20/h1,3-6H,7-13H2. The number of terminal acetylenes is 1. The quantitative estimate of drug-likeness (QED) is 0.448. The number of rotatable bonds is 6. The van der Waals surface area contributed by atoms with E-state index in [9.17, 15) is 10.1 Å². The molecule has 1 aliphatic heterocycles. The fraction of sp³-hybridized carbons (Fsp3) is 0.467. The van der Waals surface area contributed by atoms with E-state index in [1.165, 1.54) is 6.07 Å². The number of nitrogens with zero attached hydrogens (tertiary/aromatic N) is 3. The Morgan fingerprint density at radius 2 is 1.90 bits per heavy atom. The van der Waals surface area contributed by atoms with Gasteiger partial charge in [0.15, 0.2) is 5.75 Å². The molecule has 1 aromatic carbocycles. The lowest BCUT2D eigenvalue weighted by atomic mass is 10.3. The summed E-state index contributed by atoms with van der Waals surface area (Å²) in [4.78, 5) is 15.0. The van der Waals surface area contributed by atoms with Crippen molar-refractivity contribution < 1.29 is 9.66 Å². The van der Waals surface area contributed by atoms with Crippen molar-refractivity contribution >= 4 is 5.69 Å². The van der Waals surface area contributed by atoms with Crippen LogP contribution in [0.5, 0.6) is 5.75 Å². The van der Waals surface area contributed by atoms with Gasteiger partial charge in [-0.2, -0.15) is 0 Å². The largest absolute Gasteiger partial charge is 0.485 e. The van der Waals surface area contributed by atoms with Crippen LogP contribution in [-0.4, -0.2) is 60.6 Å². The van der Waals surface area contributed by atoms with Crippen molar-refractivity contribution in [2.75, 3.05) is 45.9 Å². The number of nitro groups is 1. The molecule has 0 spiro atoms. The van der Waals surface area contributed by atoms with Crippen LogP contribution in [0.15, 0.2) is 24.3 Å². The van der Waals surface area contributed by atoms with Gasteiger partial charge in [-0.3, -0.25) is 19.9 Å². The van der Waals surface area contributed by atoms with Crippen LogP contribution in [-0.2, 0) is 0 Å². The van der Waals surface area contributed by atoms with E-state index in [0.29, 0.717) is 18.9 Å². The van der Waals surface area contributed by atoms with Crippen LogP contribution in [0.2, 0.25) is 0 Å². The van der Waals surface area contributed by atoms with Gasteiger partial charge in [0.25, 0.3) is 0 Å². The first-order valence-corrected chi connectivity index (χ1v) is 6.95. The summed E-state index contributed by atoms with van der Waals surface area (Å²) >= 11 is 0. The molecule has 0 unspecified atom stereocenters. The minimum absolute atomic E-state index is 0.0105. The zero-order valence-electron chi connectivity index (χ0n) is 11.9. The zero-order chi connectivity index (χ0) is 15.1. The number of piperazine rings is 1. The summed E-state index contributed by atoms with van der Waals surface area (Å²) in [6.07, 6.45) is 5.30. The lowest BCUT2D eigenvalue weighted by Crippen LogP contribution is -2.47. The third-order valence-corrected chi connectivity index (χ3v) is 3.51. The molecule has 1 aliphatic rings. The number of nitro benzene ring substituents is 1. The molecule has 1 saturated heterocycles. The second kappa shape index (κ2) is 7.62. The molecule has 1 fully saturated rings. The molecular formula is C15H19N3O3. The van der Waals surface area contributed by atoms with Gasteiger partial charge in [-0.15, -0.1) is 6.42 Å². The first-order chi connectivity index (χ1) is 10.2. The maximum atomic E-state index is 10.9. The van der Waals surface area contributed by atoms with Crippen LogP contribution >= 0.6 is 0 Å². The molecule has 2 rings (SSSR count). The van der Waals surface area contributed by atoms with Gasteiger partial charge in [-0.05, 0) is 6.07 Å². The van der Waals surface area contributed by atoms with Crippen molar-refractivity contribution in [3.8, 4) is 18.1 Å². The second-order valence-corrected chi connectivity index (χ2v) is 4.90. The molecule has 0 N–H and O–H groups in total. The number of hydrogen-bond donors (Lipinski definition) is 0. The maximum Gasteiger partial charge on any atom is 0.310 e. The van der Waals surface area contributed by atoms with Gasteiger partial charge >= 0.3 is 5.69 Å². The van der Waals surface area contributed by atoms with Crippen molar-refractivity contribution in [2.24, 2.45) is 0 Å². The van der Waals surface area contributed by atoms with E-state index in [-0.39, 0.29) is 5.69 Å². The average molecular weight is 289 g/mol. The molecule has 0 saturated carbocycles. The van der Waals surface area contributed by atoms with Crippen molar-refractivity contribution in [1.82, 2.24) is 9.80 Å². The SMILES string of the molecule is C#CCN1CCN(CCOc2ccccc2[N+](=O)[O-])CC1. The minimum atomic E-state index is -0.423. The van der Waals surface area contributed by atoms with Gasteiger partial charge in [-0.1, -0.05) is 18.1 Å². The zero-order valence-corrected chi connectivity index (χ0v) is 11.9. The molecule has 0 aromatic heterocycles. The molecular weight excluding hydrogens is 270 g/mol. The fourth-order valence-corrected chi connectivity index (χ4v) is 2.31. The van der Waals surface area contributed by atoms with Crippen LogP contribution in [0.1, 0.15) is 0 Å². The van der Waals surface area contributed by atoms with E-state index in [0.717, 1.165) is 32.7 Å². The molecule has 0 aliphatic carbocycles. The Hall–Kier alpha value is -2.10. The van der Waals surface area contributed by atoms with Gasteiger partial charge in [0, 0.05) is 38.8 Å². The van der Waals surface area contributed by atoms with E-state index in [2.05, 4.69) is 15.7 Å². The van der Waals surface area contributed by atoms with Crippen molar-refractivity contribution in [1.29, 1.82) is 0 Å². The normalized spacial score (nSPS) is 16.3. The molecule has 0 atom stereocenters. The summed E-state index contributed by atoms with van der Waals surface area (Å²) in [7, 11) is 0. The van der Waals surface area contributed by atoms with Gasteiger partial charge in [-0.25, -0.2) is 0 Å². The van der Waals surface area contributed by atoms with Crippen molar-refractivity contribution in [3.63, 3.8) is 0 Å². The molecule has 6 heteroatoms.